The zero-order valence-electron chi connectivity index (χ0n) is 9.65. The fourth-order valence-electron chi connectivity index (χ4n) is 1.86. The second-order valence-electron chi connectivity index (χ2n) is 4.61. The van der Waals surface area contributed by atoms with Crippen LogP contribution in [0.3, 0.4) is 0 Å². The maximum atomic E-state index is 9.35. The molecule has 0 radical (unpaired) electrons. The Morgan fingerprint density at radius 1 is 1.20 bits per heavy atom. The molecule has 1 unspecified atom stereocenters. The van der Waals surface area contributed by atoms with Crippen LogP contribution in [0.2, 0.25) is 0 Å². The number of aliphatic hydroxyl groups is 1. The number of likely N-dealkylation sites (N-methyl/N-ethyl adjacent to an activating group) is 1. The Kier molecular flexibility index (Phi) is 5.88. The number of benzene rings is 1. The standard InChI is InChI=1S/C12H20NO.ClH/c1-11(14)9-13(2,3)10-12-7-5-4-6-8-12;/h4-8,11,14H,9-10H2,1-3H3;1H/q+1;/p-1. The topological polar surface area (TPSA) is 20.2 Å². The highest BCUT2D eigenvalue weighted by Gasteiger charge is 2.17. The van der Waals surface area contributed by atoms with Gasteiger partial charge in [0.2, 0.25) is 0 Å². The normalized spacial score (nSPS) is 13.1. The summed E-state index contributed by atoms with van der Waals surface area (Å²) in [6, 6.07) is 10.4. The van der Waals surface area contributed by atoms with Gasteiger partial charge in [-0.15, -0.1) is 0 Å². The van der Waals surface area contributed by atoms with Crippen molar-refractivity contribution in [2.45, 2.75) is 19.6 Å². The molecule has 1 atom stereocenters. The molecule has 1 rings (SSSR count). The van der Waals surface area contributed by atoms with Crippen molar-refractivity contribution in [3.63, 3.8) is 0 Å². The molecule has 86 valence electrons. The van der Waals surface area contributed by atoms with E-state index in [-0.39, 0.29) is 18.5 Å². The third-order valence-corrected chi connectivity index (χ3v) is 2.21. The Labute approximate surface area is 98.5 Å². The first-order chi connectivity index (χ1) is 6.49. The van der Waals surface area contributed by atoms with Gasteiger partial charge in [0.05, 0.1) is 14.1 Å². The van der Waals surface area contributed by atoms with Crippen molar-refractivity contribution in [3.8, 4) is 0 Å². The number of aliphatic hydroxyl groups excluding tert-OH is 1. The minimum absolute atomic E-state index is 0. The molecule has 0 aliphatic heterocycles. The molecule has 1 aromatic carbocycles. The molecule has 15 heavy (non-hydrogen) atoms. The highest BCUT2D eigenvalue weighted by atomic mass is 35.5. The maximum Gasteiger partial charge on any atom is 0.105 e. The first-order valence-electron chi connectivity index (χ1n) is 5.03. The molecular formula is C12H20ClNO. The van der Waals surface area contributed by atoms with Gasteiger partial charge in [0.1, 0.15) is 19.2 Å². The van der Waals surface area contributed by atoms with Gasteiger partial charge in [-0.3, -0.25) is 0 Å². The van der Waals surface area contributed by atoms with Crippen LogP contribution in [0.25, 0.3) is 0 Å². The lowest BCUT2D eigenvalue weighted by atomic mass is 10.2. The summed E-state index contributed by atoms with van der Waals surface area (Å²) in [5.74, 6) is 0. The van der Waals surface area contributed by atoms with Crippen molar-refractivity contribution < 1.29 is 22.0 Å². The molecule has 0 saturated heterocycles. The van der Waals surface area contributed by atoms with Crippen LogP contribution in [0.1, 0.15) is 12.5 Å². The largest absolute Gasteiger partial charge is 1.00 e. The SMILES string of the molecule is CC(O)C[N+](C)(C)Cc1ccccc1.[Cl-]. The van der Waals surface area contributed by atoms with Gasteiger partial charge in [0.25, 0.3) is 0 Å². The van der Waals surface area contributed by atoms with Crippen LogP contribution < -0.4 is 12.4 Å². The van der Waals surface area contributed by atoms with E-state index in [2.05, 4.69) is 38.4 Å². The predicted molar refractivity (Wildman–Crippen MR) is 58.8 cm³/mol. The van der Waals surface area contributed by atoms with Crippen molar-refractivity contribution in [2.75, 3.05) is 20.6 Å². The van der Waals surface area contributed by atoms with E-state index in [4.69, 9.17) is 0 Å². The lowest BCUT2D eigenvalue weighted by Crippen LogP contribution is -3.00. The molecule has 0 aromatic heterocycles. The van der Waals surface area contributed by atoms with E-state index < -0.39 is 0 Å². The smallest absolute Gasteiger partial charge is 0.105 e. The Bertz CT molecular complexity index is 272. The Morgan fingerprint density at radius 3 is 2.20 bits per heavy atom. The maximum absolute atomic E-state index is 9.35. The zero-order valence-corrected chi connectivity index (χ0v) is 10.4. The Hall–Kier alpha value is -0.570. The van der Waals surface area contributed by atoms with Crippen LogP contribution in [0.5, 0.6) is 0 Å². The molecule has 0 aliphatic rings. The summed E-state index contributed by atoms with van der Waals surface area (Å²) in [4.78, 5) is 0. The van der Waals surface area contributed by atoms with Gasteiger partial charge in [-0.05, 0) is 6.92 Å². The van der Waals surface area contributed by atoms with Crippen LogP contribution in [-0.4, -0.2) is 36.3 Å². The van der Waals surface area contributed by atoms with Crippen molar-refractivity contribution in [2.24, 2.45) is 0 Å². The van der Waals surface area contributed by atoms with E-state index in [9.17, 15) is 5.11 Å². The third kappa shape index (κ3) is 5.78. The second-order valence-corrected chi connectivity index (χ2v) is 4.61. The number of hydrogen-bond donors (Lipinski definition) is 1. The van der Waals surface area contributed by atoms with Gasteiger partial charge in [0, 0.05) is 5.56 Å². The predicted octanol–water partition coefficient (Wildman–Crippen LogP) is -1.35. The molecule has 0 bridgehead atoms. The summed E-state index contributed by atoms with van der Waals surface area (Å²) in [6.45, 7) is 3.59. The Balaban J connectivity index is 0.00000196. The van der Waals surface area contributed by atoms with E-state index in [1.165, 1.54) is 5.56 Å². The highest BCUT2D eigenvalue weighted by molar-refractivity contribution is 5.13. The van der Waals surface area contributed by atoms with Gasteiger partial charge in [-0.1, -0.05) is 30.3 Å². The molecule has 0 saturated carbocycles. The van der Waals surface area contributed by atoms with Gasteiger partial charge >= 0.3 is 0 Å². The van der Waals surface area contributed by atoms with Gasteiger partial charge in [-0.25, -0.2) is 0 Å². The zero-order chi connectivity index (χ0) is 10.6. The van der Waals surface area contributed by atoms with Crippen molar-refractivity contribution in [1.82, 2.24) is 0 Å². The number of quaternary nitrogens is 1. The van der Waals surface area contributed by atoms with Crippen LogP contribution in [0, 0.1) is 0 Å². The van der Waals surface area contributed by atoms with Crippen LogP contribution in [-0.2, 0) is 6.54 Å². The minimum Gasteiger partial charge on any atom is -1.00 e. The highest BCUT2D eigenvalue weighted by Crippen LogP contribution is 2.09. The molecule has 2 nitrogen and oxygen atoms in total. The fourth-order valence-corrected chi connectivity index (χ4v) is 1.86. The lowest BCUT2D eigenvalue weighted by Gasteiger charge is -2.31. The molecule has 1 aromatic rings. The molecule has 0 heterocycles. The summed E-state index contributed by atoms with van der Waals surface area (Å²) < 4.78 is 0.821. The molecule has 0 spiro atoms. The second kappa shape index (κ2) is 6.11. The molecule has 0 fully saturated rings. The number of rotatable bonds is 4. The van der Waals surface area contributed by atoms with Gasteiger partial charge in [-0.2, -0.15) is 0 Å². The average molecular weight is 230 g/mol. The molecule has 3 heteroatoms. The molecule has 1 N–H and O–H groups in total. The van der Waals surface area contributed by atoms with Crippen LogP contribution in [0.15, 0.2) is 30.3 Å². The first kappa shape index (κ1) is 14.4. The molecule has 0 aliphatic carbocycles. The molecular weight excluding hydrogens is 210 g/mol. The quantitative estimate of drug-likeness (QED) is 0.633. The molecule has 0 amide bonds. The van der Waals surface area contributed by atoms with Gasteiger partial charge in [0.15, 0.2) is 0 Å². The van der Waals surface area contributed by atoms with E-state index in [1.807, 2.05) is 13.0 Å². The van der Waals surface area contributed by atoms with Crippen molar-refractivity contribution in [3.05, 3.63) is 35.9 Å². The summed E-state index contributed by atoms with van der Waals surface area (Å²) in [5.41, 5.74) is 1.32. The Morgan fingerprint density at radius 2 is 1.73 bits per heavy atom. The average Bonchev–Trinajstić information content (AvgIpc) is 2.02. The number of hydrogen-bond acceptors (Lipinski definition) is 1. The summed E-state index contributed by atoms with van der Waals surface area (Å²) >= 11 is 0. The van der Waals surface area contributed by atoms with Crippen LogP contribution >= 0.6 is 0 Å². The number of halogens is 1. The monoisotopic (exact) mass is 229 g/mol. The minimum atomic E-state index is -0.242. The van der Waals surface area contributed by atoms with E-state index in [0.29, 0.717) is 0 Å². The van der Waals surface area contributed by atoms with Gasteiger partial charge < -0.3 is 22.0 Å². The summed E-state index contributed by atoms with van der Waals surface area (Å²) in [7, 11) is 4.28. The summed E-state index contributed by atoms with van der Waals surface area (Å²) in [5, 5.41) is 9.35. The van der Waals surface area contributed by atoms with E-state index in [1.54, 1.807) is 0 Å². The van der Waals surface area contributed by atoms with Crippen LogP contribution in [0.4, 0.5) is 0 Å². The van der Waals surface area contributed by atoms with E-state index in [0.717, 1.165) is 17.6 Å². The fraction of sp³-hybridized carbons (Fsp3) is 0.500. The van der Waals surface area contributed by atoms with Crippen molar-refractivity contribution >= 4 is 0 Å². The first-order valence-corrected chi connectivity index (χ1v) is 5.03. The summed E-state index contributed by atoms with van der Waals surface area (Å²) in [6.07, 6.45) is -0.242. The number of nitrogens with zero attached hydrogens (tertiary/aromatic N) is 1. The third-order valence-electron chi connectivity index (χ3n) is 2.21. The van der Waals surface area contributed by atoms with Crippen molar-refractivity contribution in [1.29, 1.82) is 0 Å². The lowest BCUT2D eigenvalue weighted by molar-refractivity contribution is -0.906. The van der Waals surface area contributed by atoms with E-state index >= 15 is 0 Å².